The highest BCUT2D eigenvalue weighted by Gasteiger charge is 2.36. The van der Waals surface area contributed by atoms with Crippen LogP contribution in [0.5, 0.6) is 5.75 Å². The third kappa shape index (κ3) is 3.95. The molecule has 2 aliphatic rings. The van der Waals surface area contributed by atoms with E-state index >= 15 is 0 Å². The maximum Gasteiger partial charge on any atom is 0.270 e. The average molecular weight is 426 g/mol. The molecule has 2 amide bonds. The zero-order valence-electron chi connectivity index (χ0n) is 16.7. The average Bonchev–Trinajstić information content (AvgIpc) is 3.04. The molecule has 2 saturated heterocycles. The molecule has 1 aromatic carbocycles. The summed E-state index contributed by atoms with van der Waals surface area (Å²) in [6, 6.07) is 10.7. The van der Waals surface area contributed by atoms with Crippen molar-refractivity contribution in [2.75, 3.05) is 30.0 Å². The van der Waals surface area contributed by atoms with Gasteiger partial charge in [-0.25, -0.2) is 4.90 Å². The molecule has 3 heterocycles. The van der Waals surface area contributed by atoms with Gasteiger partial charge in [0.25, 0.3) is 11.8 Å². The second-order valence-electron chi connectivity index (χ2n) is 7.21. The first-order chi connectivity index (χ1) is 14.6. The third-order valence-corrected chi connectivity index (χ3v) is 5.53. The molecule has 1 N–H and O–H groups in total. The lowest BCUT2D eigenvalue weighted by molar-refractivity contribution is -0.122. The topological polar surface area (TPSA) is 75.0 Å². The van der Waals surface area contributed by atoms with Crippen LogP contribution >= 0.6 is 12.2 Å². The van der Waals surface area contributed by atoms with Crippen LogP contribution in [0, 0.1) is 0 Å². The summed E-state index contributed by atoms with van der Waals surface area (Å²) in [6.07, 6.45) is 6.17. The van der Waals surface area contributed by atoms with Gasteiger partial charge in [0.05, 0.1) is 12.8 Å². The van der Waals surface area contributed by atoms with E-state index in [1.165, 1.54) is 30.9 Å². The first-order valence-corrected chi connectivity index (χ1v) is 10.4. The Morgan fingerprint density at radius 2 is 1.80 bits per heavy atom. The number of ether oxygens (including phenoxy) is 1. The van der Waals surface area contributed by atoms with Gasteiger partial charge in [-0.05, 0) is 49.3 Å². The quantitative estimate of drug-likeness (QED) is 0.459. The molecule has 8 heteroatoms. The second-order valence-corrected chi connectivity index (χ2v) is 7.59. The molecule has 156 valence electrons. The third-order valence-electron chi connectivity index (χ3n) is 5.24. The highest BCUT2D eigenvalue weighted by atomic mass is 32.1. The lowest BCUT2D eigenvalue weighted by Gasteiger charge is -2.29. The zero-order valence-corrected chi connectivity index (χ0v) is 17.5. The molecule has 0 saturated carbocycles. The summed E-state index contributed by atoms with van der Waals surface area (Å²) in [6.45, 7) is 1.89. The van der Waals surface area contributed by atoms with Crippen molar-refractivity contribution in [2.24, 2.45) is 0 Å². The van der Waals surface area contributed by atoms with Crippen molar-refractivity contribution in [1.29, 1.82) is 0 Å². The number of thiocarbonyl (C=S) groups is 1. The second kappa shape index (κ2) is 8.71. The van der Waals surface area contributed by atoms with Crippen molar-refractivity contribution in [3.8, 4) is 5.75 Å². The number of carbonyl (C=O) groups excluding carboxylic acids is 2. The highest BCUT2D eigenvalue weighted by Crippen LogP contribution is 2.31. The number of amides is 2. The van der Waals surface area contributed by atoms with Crippen LogP contribution in [0.15, 0.2) is 46.4 Å². The van der Waals surface area contributed by atoms with E-state index < -0.39 is 11.8 Å². The fraction of sp³-hybridized carbons (Fsp3) is 0.318. The monoisotopic (exact) mass is 425 g/mol. The molecular weight excluding hydrogens is 402 g/mol. The van der Waals surface area contributed by atoms with Crippen molar-refractivity contribution >= 4 is 46.8 Å². The molecule has 0 aliphatic carbocycles. The fourth-order valence-corrected chi connectivity index (χ4v) is 3.99. The normalized spacial score (nSPS) is 19.1. The minimum Gasteiger partial charge on any atom is -0.495 e. The zero-order chi connectivity index (χ0) is 21.1. The Morgan fingerprint density at radius 1 is 1.07 bits per heavy atom. The number of hydrogen-bond donors (Lipinski definition) is 1. The standard InChI is InChI=1S/C22H23N3O4S/c1-28-18-9-5-4-8-17(18)25-21(27)16(20(26)23-22(25)30)14-15-10-11-19(29-15)24-12-6-2-3-7-13-24/h4-5,8-11,14H,2-3,6-7,12-13H2,1H3,(H,23,26,30)/b16-14+. The Morgan fingerprint density at radius 3 is 2.53 bits per heavy atom. The molecule has 2 aromatic rings. The summed E-state index contributed by atoms with van der Waals surface area (Å²) in [5.41, 5.74) is 0.414. The molecule has 0 atom stereocenters. The smallest absolute Gasteiger partial charge is 0.270 e. The van der Waals surface area contributed by atoms with Gasteiger partial charge in [-0.1, -0.05) is 25.0 Å². The van der Waals surface area contributed by atoms with Crippen molar-refractivity contribution in [1.82, 2.24) is 5.32 Å². The SMILES string of the molecule is COc1ccccc1N1C(=O)/C(=C/c2ccc(N3CCCCCC3)o2)C(=O)NC1=S. The number of benzene rings is 1. The summed E-state index contributed by atoms with van der Waals surface area (Å²) in [5, 5.41) is 2.59. The minimum absolute atomic E-state index is 0.0105. The van der Waals surface area contributed by atoms with E-state index in [0.29, 0.717) is 17.2 Å². The molecule has 2 fully saturated rings. The first kappa shape index (κ1) is 20.2. The summed E-state index contributed by atoms with van der Waals surface area (Å²) < 4.78 is 11.3. The number of rotatable bonds is 4. The van der Waals surface area contributed by atoms with Gasteiger partial charge in [-0.2, -0.15) is 0 Å². The van der Waals surface area contributed by atoms with Crippen LogP contribution in [-0.4, -0.2) is 37.1 Å². The van der Waals surface area contributed by atoms with Gasteiger partial charge in [-0.3, -0.25) is 14.9 Å². The van der Waals surface area contributed by atoms with E-state index in [2.05, 4.69) is 10.2 Å². The number of para-hydroxylation sites is 2. The lowest BCUT2D eigenvalue weighted by atomic mass is 10.1. The van der Waals surface area contributed by atoms with E-state index in [9.17, 15) is 9.59 Å². The summed E-state index contributed by atoms with van der Waals surface area (Å²) in [7, 11) is 1.51. The number of methoxy groups -OCH3 is 1. The maximum absolute atomic E-state index is 13.2. The Hall–Kier alpha value is -3.13. The highest BCUT2D eigenvalue weighted by molar-refractivity contribution is 7.80. The molecule has 7 nitrogen and oxygen atoms in total. The molecule has 0 bridgehead atoms. The van der Waals surface area contributed by atoms with Crippen LogP contribution in [-0.2, 0) is 9.59 Å². The van der Waals surface area contributed by atoms with Gasteiger partial charge < -0.3 is 14.1 Å². The number of nitrogens with one attached hydrogen (secondary N) is 1. The molecule has 0 radical (unpaired) electrons. The van der Waals surface area contributed by atoms with E-state index in [1.807, 2.05) is 6.07 Å². The molecule has 30 heavy (non-hydrogen) atoms. The fourth-order valence-electron chi connectivity index (χ4n) is 3.71. The largest absolute Gasteiger partial charge is 0.495 e. The molecule has 1 aromatic heterocycles. The Kier molecular flexibility index (Phi) is 5.85. The number of furan rings is 1. The first-order valence-electron chi connectivity index (χ1n) is 9.98. The number of hydrogen-bond acceptors (Lipinski definition) is 6. The van der Waals surface area contributed by atoms with Crippen LogP contribution in [0.25, 0.3) is 6.08 Å². The Balaban J connectivity index is 1.63. The number of anilines is 2. The maximum atomic E-state index is 13.2. The number of carbonyl (C=O) groups is 2. The van der Waals surface area contributed by atoms with Crippen molar-refractivity contribution in [3.05, 3.63) is 47.7 Å². The summed E-state index contributed by atoms with van der Waals surface area (Å²) >= 11 is 5.25. The van der Waals surface area contributed by atoms with E-state index in [1.54, 1.807) is 30.3 Å². The Labute approximate surface area is 180 Å². The van der Waals surface area contributed by atoms with Gasteiger partial charge in [0.2, 0.25) is 0 Å². The van der Waals surface area contributed by atoms with E-state index in [4.69, 9.17) is 21.4 Å². The molecular formula is C22H23N3O4S. The minimum atomic E-state index is -0.552. The van der Waals surface area contributed by atoms with Gasteiger partial charge >= 0.3 is 0 Å². The van der Waals surface area contributed by atoms with Crippen molar-refractivity contribution < 1.29 is 18.7 Å². The van der Waals surface area contributed by atoms with E-state index in [0.717, 1.165) is 31.8 Å². The molecule has 4 rings (SSSR count). The van der Waals surface area contributed by atoms with Crippen LogP contribution in [0.1, 0.15) is 31.4 Å². The molecule has 2 aliphatic heterocycles. The molecule has 0 spiro atoms. The summed E-state index contributed by atoms with van der Waals surface area (Å²) in [4.78, 5) is 29.1. The van der Waals surface area contributed by atoms with E-state index in [-0.39, 0.29) is 10.7 Å². The van der Waals surface area contributed by atoms with Crippen LogP contribution < -0.4 is 19.9 Å². The van der Waals surface area contributed by atoms with Crippen LogP contribution in [0.3, 0.4) is 0 Å². The predicted octanol–water partition coefficient (Wildman–Crippen LogP) is 3.50. The van der Waals surface area contributed by atoms with Crippen LogP contribution in [0.4, 0.5) is 11.6 Å². The van der Waals surface area contributed by atoms with Crippen molar-refractivity contribution in [2.45, 2.75) is 25.7 Å². The predicted molar refractivity (Wildman–Crippen MR) is 119 cm³/mol. The van der Waals surface area contributed by atoms with Gasteiger partial charge in [0.15, 0.2) is 11.0 Å². The molecule has 0 unspecified atom stereocenters. The Bertz CT molecular complexity index is 1010. The summed E-state index contributed by atoms with van der Waals surface area (Å²) in [5.74, 6) is 0.597. The van der Waals surface area contributed by atoms with Gasteiger partial charge in [0, 0.05) is 19.2 Å². The lowest BCUT2D eigenvalue weighted by Crippen LogP contribution is -2.54. The van der Waals surface area contributed by atoms with Gasteiger partial charge in [0.1, 0.15) is 17.1 Å². The van der Waals surface area contributed by atoms with Gasteiger partial charge in [-0.15, -0.1) is 0 Å². The van der Waals surface area contributed by atoms with Crippen molar-refractivity contribution in [3.63, 3.8) is 0 Å². The number of nitrogens with zero attached hydrogens (tertiary/aromatic N) is 2. The van der Waals surface area contributed by atoms with Crippen LogP contribution in [0.2, 0.25) is 0 Å².